The second kappa shape index (κ2) is 5.20. The van der Waals surface area contributed by atoms with E-state index in [9.17, 15) is 4.79 Å². The number of aromatic amines is 1. The Balaban J connectivity index is 2.20. The Morgan fingerprint density at radius 2 is 2.25 bits per heavy atom. The van der Waals surface area contributed by atoms with Gasteiger partial charge in [-0.05, 0) is 40.5 Å². The van der Waals surface area contributed by atoms with Gasteiger partial charge in [0.1, 0.15) is 17.1 Å². The van der Waals surface area contributed by atoms with Gasteiger partial charge in [0.15, 0.2) is 0 Å². The molecule has 2 rings (SSSR count). The number of ether oxygens (including phenoxy) is 1. The van der Waals surface area contributed by atoms with Crippen LogP contribution in [0.15, 0.2) is 6.20 Å². The molecule has 0 radical (unpaired) electrons. The summed E-state index contributed by atoms with van der Waals surface area (Å²) in [5, 5.41) is 0. The van der Waals surface area contributed by atoms with E-state index in [1.54, 1.807) is 11.1 Å². The fraction of sp³-hybridized carbons (Fsp3) is 0.600. The second-order valence-corrected chi connectivity index (χ2v) is 6.16. The summed E-state index contributed by atoms with van der Waals surface area (Å²) in [5.41, 5.74) is 0.126. The fourth-order valence-electron chi connectivity index (χ4n) is 2.45. The number of hydrogen-bond acceptors (Lipinski definition) is 3. The van der Waals surface area contributed by atoms with Crippen LogP contribution in [0.4, 0.5) is 4.79 Å². The van der Waals surface area contributed by atoms with Crippen LogP contribution in [0.25, 0.3) is 0 Å². The van der Waals surface area contributed by atoms with Gasteiger partial charge in [-0.1, -0.05) is 5.92 Å². The molecule has 1 aliphatic heterocycles. The molecule has 5 nitrogen and oxygen atoms in total. The second-order valence-electron chi connectivity index (χ2n) is 6.16. The fourth-order valence-corrected chi connectivity index (χ4v) is 2.45. The third kappa shape index (κ3) is 2.96. The number of terminal acetylenes is 1. The summed E-state index contributed by atoms with van der Waals surface area (Å²) in [4.78, 5) is 21.5. The number of imidazole rings is 1. The van der Waals surface area contributed by atoms with Gasteiger partial charge in [-0.15, -0.1) is 6.42 Å². The van der Waals surface area contributed by atoms with Crippen LogP contribution in [0, 0.1) is 12.3 Å². The number of H-pyrrole nitrogens is 1. The molecule has 2 heterocycles. The molecule has 1 amide bonds. The molecule has 0 bridgehead atoms. The number of rotatable bonds is 1. The van der Waals surface area contributed by atoms with Gasteiger partial charge in [0, 0.05) is 6.04 Å². The van der Waals surface area contributed by atoms with Crippen molar-refractivity contribution in [2.75, 3.05) is 0 Å². The zero-order valence-electron chi connectivity index (χ0n) is 12.4. The van der Waals surface area contributed by atoms with Crippen LogP contribution in [0.3, 0.4) is 0 Å². The van der Waals surface area contributed by atoms with Crippen molar-refractivity contribution in [3.8, 4) is 12.3 Å². The van der Waals surface area contributed by atoms with Gasteiger partial charge in [0.25, 0.3) is 0 Å². The van der Waals surface area contributed by atoms with E-state index in [4.69, 9.17) is 11.2 Å². The molecular formula is C15H21N3O2. The molecule has 1 aliphatic rings. The van der Waals surface area contributed by atoms with Crippen LogP contribution in [0.1, 0.15) is 58.1 Å². The number of hydrogen-bond donors (Lipinski definition) is 1. The van der Waals surface area contributed by atoms with E-state index >= 15 is 0 Å². The van der Waals surface area contributed by atoms with Crippen molar-refractivity contribution >= 4 is 6.09 Å². The first-order valence-electron chi connectivity index (χ1n) is 6.84. The van der Waals surface area contributed by atoms with Crippen molar-refractivity contribution in [2.24, 2.45) is 0 Å². The quantitative estimate of drug-likeness (QED) is 0.802. The van der Waals surface area contributed by atoms with Gasteiger partial charge >= 0.3 is 6.09 Å². The van der Waals surface area contributed by atoms with E-state index in [0.717, 1.165) is 18.7 Å². The predicted molar refractivity (Wildman–Crippen MR) is 76.0 cm³/mol. The van der Waals surface area contributed by atoms with Crippen LogP contribution in [0.2, 0.25) is 0 Å². The third-order valence-corrected chi connectivity index (χ3v) is 3.34. The van der Waals surface area contributed by atoms with Crippen molar-refractivity contribution < 1.29 is 9.53 Å². The van der Waals surface area contributed by atoms with E-state index in [1.165, 1.54) is 0 Å². The monoisotopic (exact) mass is 275 g/mol. The standard InChI is InChI=1S/C15H21N3O2/c1-6-11-9-16-13(17-11)12-8-7-10(2)18(12)14(19)20-15(3,4)5/h1,9-10,12H,7-8H2,2-5H3,(H,16,17)/t10-,12+/m1/s1. The number of amides is 1. The number of nitrogens with zero attached hydrogens (tertiary/aromatic N) is 2. The molecule has 0 spiro atoms. The van der Waals surface area contributed by atoms with E-state index in [-0.39, 0.29) is 18.2 Å². The zero-order valence-corrected chi connectivity index (χ0v) is 12.4. The molecule has 5 heteroatoms. The van der Waals surface area contributed by atoms with Crippen LogP contribution >= 0.6 is 0 Å². The van der Waals surface area contributed by atoms with Gasteiger partial charge in [-0.3, -0.25) is 4.90 Å². The van der Waals surface area contributed by atoms with Gasteiger partial charge < -0.3 is 9.72 Å². The molecule has 0 aliphatic carbocycles. The number of carbonyl (C=O) groups excluding carboxylic acids is 1. The summed E-state index contributed by atoms with van der Waals surface area (Å²) in [5.74, 6) is 3.24. The molecule has 1 aromatic heterocycles. The molecule has 1 saturated heterocycles. The van der Waals surface area contributed by atoms with Crippen LogP contribution < -0.4 is 0 Å². The average molecular weight is 275 g/mol. The maximum atomic E-state index is 12.4. The summed E-state index contributed by atoms with van der Waals surface area (Å²) in [6, 6.07) is 0.0381. The van der Waals surface area contributed by atoms with Crippen LogP contribution in [-0.4, -0.2) is 32.6 Å². The first kappa shape index (κ1) is 14.4. The normalized spacial score (nSPS) is 22.6. The van der Waals surface area contributed by atoms with Crippen LogP contribution in [0.5, 0.6) is 0 Å². The van der Waals surface area contributed by atoms with E-state index < -0.39 is 5.60 Å². The summed E-state index contributed by atoms with van der Waals surface area (Å²) in [7, 11) is 0. The average Bonchev–Trinajstić information content (AvgIpc) is 2.92. The SMILES string of the molecule is C#Cc1cnc([C@@H]2CC[C@@H](C)N2C(=O)OC(C)(C)C)[nH]1. The van der Waals surface area contributed by atoms with Gasteiger partial charge in [0.2, 0.25) is 0 Å². The number of nitrogens with one attached hydrogen (secondary N) is 1. The summed E-state index contributed by atoms with van der Waals surface area (Å²) < 4.78 is 5.48. The van der Waals surface area contributed by atoms with E-state index in [0.29, 0.717) is 5.69 Å². The molecule has 1 fully saturated rings. The highest BCUT2D eigenvalue weighted by Crippen LogP contribution is 2.35. The predicted octanol–water partition coefficient (Wildman–Crippen LogP) is 2.85. The topological polar surface area (TPSA) is 58.2 Å². The Morgan fingerprint density at radius 1 is 1.55 bits per heavy atom. The lowest BCUT2D eigenvalue weighted by Crippen LogP contribution is -2.40. The van der Waals surface area contributed by atoms with Gasteiger partial charge in [0.05, 0.1) is 12.2 Å². The lowest BCUT2D eigenvalue weighted by molar-refractivity contribution is 0.0151. The molecule has 108 valence electrons. The molecule has 0 saturated carbocycles. The highest BCUT2D eigenvalue weighted by Gasteiger charge is 2.39. The van der Waals surface area contributed by atoms with Gasteiger partial charge in [-0.2, -0.15) is 0 Å². The lowest BCUT2D eigenvalue weighted by atomic mass is 10.2. The minimum Gasteiger partial charge on any atom is -0.444 e. The summed E-state index contributed by atoms with van der Waals surface area (Å²) in [6.45, 7) is 7.62. The Kier molecular flexibility index (Phi) is 3.76. The molecule has 20 heavy (non-hydrogen) atoms. The molecule has 0 aromatic carbocycles. The van der Waals surface area contributed by atoms with Gasteiger partial charge in [-0.25, -0.2) is 9.78 Å². The smallest absolute Gasteiger partial charge is 0.411 e. The van der Waals surface area contributed by atoms with E-state index in [1.807, 2.05) is 27.7 Å². The maximum Gasteiger partial charge on any atom is 0.411 e. The Hall–Kier alpha value is -1.96. The first-order valence-corrected chi connectivity index (χ1v) is 6.84. The van der Waals surface area contributed by atoms with Crippen molar-refractivity contribution in [1.29, 1.82) is 0 Å². The van der Waals surface area contributed by atoms with Crippen molar-refractivity contribution in [2.45, 2.75) is 58.2 Å². The number of carbonyl (C=O) groups is 1. The molecule has 0 unspecified atom stereocenters. The maximum absolute atomic E-state index is 12.4. The molecular weight excluding hydrogens is 254 g/mol. The summed E-state index contributed by atoms with van der Waals surface area (Å²) >= 11 is 0. The number of likely N-dealkylation sites (tertiary alicyclic amines) is 1. The van der Waals surface area contributed by atoms with E-state index in [2.05, 4.69) is 15.9 Å². The lowest BCUT2D eigenvalue weighted by Gasteiger charge is -2.30. The van der Waals surface area contributed by atoms with Crippen molar-refractivity contribution in [3.63, 3.8) is 0 Å². The Morgan fingerprint density at radius 3 is 2.80 bits per heavy atom. The van der Waals surface area contributed by atoms with Crippen molar-refractivity contribution in [1.82, 2.24) is 14.9 Å². The number of aromatic nitrogens is 2. The highest BCUT2D eigenvalue weighted by molar-refractivity contribution is 5.69. The van der Waals surface area contributed by atoms with Crippen LogP contribution in [-0.2, 0) is 4.74 Å². The molecule has 1 aromatic rings. The third-order valence-electron chi connectivity index (χ3n) is 3.34. The summed E-state index contributed by atoms with van der Waals surface area (Å²) in [6.07, 6.45) is 8.44. The minimum absolute atomic E-state index is 0.0954. The Labute approximate surface area is 119 Å². The Bertz CT molecular complexity index is 536. The zero-order chi connectivity index (χ0) is 14.9. The van der Waals surface area contributed by atoms with Crippen molar-refractivity contribution in [3.05, 3.63) is 17.7 Å². The largest absolute Gasteiger partial charge is 0.444 e. The molecule has 2 atom stereocenters. The molecule has 1 N–H and O–H groups in total. The minimum atomic E-state index is -0.503. The first-order chi connectivity index (χ1) is 9.31. The highest BCUT2D eigenvalue weighted by atomic mass is 16.6.